The Labute approximate surface area is 76.6 Å². The van der Waals surface area contributed by atoms with Crippen molar-refractivity contribution in [3.05, 3.63) is 0 Å². The van der Waals surface area contributed by atoms with Gasteiger partial charge in [-0.05, 0) is 0 Å². The molecule has 0 saturated heterocycles. The van der Waals surface area contributed by atoms with Crippen LogP contribution in [0.15, 0.2) is 0 Å². The van der Waals surface area contributed by atoms with Gasteiger partial charge in [0, 0.05) is 0 Å². The molecule has 0 rings (SSSR count). The Hall–Kier alpha value is 1.45. The van der Waals surface area contributed by atoms with Crippen LogP contribution in [0.1, 0.15) is 6.92 Å². The van der Waals surface area contributed by atoms with Gasteiger partial charge in [-0.15, -0.1) is 6.61 Å². The zero-order valence-corrected chi connectivity index (χ0v) is 7.77. The summed E-state index contributed by atoms with van der Waals surface area (Å²) in [5.74, 6) is 0. The minimum atomic E-state index is 0. The molecule has 0 heterocycles. The molecule has 0 N–H and O–H groups in total. The van der Waals surface area contributed by atoms with Gasteiger partial charge in [-0.3, -0.25) is 0 Å². The summed E-state index contributed by atoms with van der Waals surface area (Å²) in [5.41, 5.74) is 0. The monoisotopic (exact) mass is 124 g/mol. The van der Waals surface area contributed by atoms with Gasteiger partial charge in [0.1, 0.15) is 0 Å². The minimum absolute atomic E-state index is 0. The van der Waals surface area contributed by atoms with Crippen molar-refractivity contribution in [2.75, 3.05) is 13.7 Å². The van der Waals surface area contributed by atoms with Gasteiger partial charge < -0.3 is 10.2 Å². The third-order valence-corrected chi connectivity index (χ3v) is 0. The summed E-state index contributed by atoms with van der Waals surface area (Å²) in [7, 11) is 0.750. The third-order valence-electron chi connectivity index (χ3n) is 0. The SMILES string of the molecule is CC[O-].C[O-].[Mg+2].[Mg+2]. The smallest absolute Gasteiger partial charge is 0.857 e. The van der Waals surface area contributed by atoms with Crippen molar-refractivity contribution in [2.24, 2.45) is 0 Å². The fourth-order valence-electron chi connectivity index (χ4n) is 0. The second-order valence-electron chi connectivity index (χ2n) is 0.289. The second kappa shape index (κ2) is 51.6. The molecule has 0 aliphatic heterocycles. The summed E-state index contributed by atoms with van der Waals surface area (Å²) < 4.78 is 0. The Morgan fingerprint density at radius 2 is 1.14 bits per heavy atom. The van der Waals surface area contributed by atoms with Crippen molar-refractivity contribution >= 4 is 46.1 Å². The quantitative estimate of drug-likeness (QED) is 0.338. The van der Waals surface area contributed by atoms with Gasteiger partial charge in [-0.25, -0.2) is 0 Å². The molecule has 0 bridgehead atoms. The van der Waals surface area contributed by atoms with Crippen LogP contribution >= 0.6 is 0 Å². The Kier molecular flexibility index (Phi) is 175. The van der Waals surface area contributed by atoms with Crippen LogP contribution in [0.25, 0.3) is 0 Å². The fraction of sp³-hybridized carbons (Fsp3) is 1.00. The van der Waals surface area contributed by atoms with E-state index in [0.717, 1.165) is 7.11 Å². The first-order valence-electron chi connectivity index (χ1n) is 1.40. The molecule has 0 unspecified atom stereocenters. The molecule has 4 heteroatoms. The molecule has 0 atom stereocenters. The third kappa shape index (κ3) is 105. The topological polar surface area (TPSA) is 46.1 Å². The minimum Gasteiger partial charge on any atom is -0.857 e. The number of hydrogen-bond donors (Lipinski definition) is 0. The molecule has 0 fully saturated rings. The van der Waals surface area contributed by atoms with Crippen molar-refractivity contribution in [3.8, 4) is 0 Å². The van der Waals surface area contributed by atoms with Crippen molar-refractivity contribution in [2.45, 2.75) is 6.92 Å². The van der Waals surface area contributed by atoms with E-state index < -0.39 is 0 Å². The molecule has 0 saturated carbocycles. The first-order valence-corrected chi connectivity index (χ1v) is 1.40. The van der Waals surface area contributed by atoms with Gasteiger partial charge in [0.15, 0.2) is 0 Å². The summed E-state index contributed by atoms with van der Waals surface area (Å²) in [5, 5.41) is 17.2. The Morgan fingerprint density at radius 3 is 1.14 bits per heavy atom. The Morgan fingerprint density at radius 1 is 1.14 bits per heavy atom. The first-order chi connectivity index (χ1) is 2.41. The molecule has 0 aliphatic carbocycles. The van der Waals surface area contributed by atoms with Crippen LogP contribution in [0, 0.1) is 0 Å². The van der Waals surface area contributed by atoms with Crippen LogP contribution in [-0.2, 0) is 0 Å². The van der Waals surface area contributed by atoms with Crippen molar-refractivity contribution in [1.29, 1.82) is 0 Å². The molecule has 7 heavy (non-hydrogen) atoms. The van der Waals surface area contributed by atoms with E-state index in [1.54, 1.807) is 6.92 Å². The fourth-order valence-corrected chi connectivity index (χ4v) is 0. The summed E-state index contributed by atoms with van der Waals surface area (Å²) >= 11 is 0. The van der Waals surface area contributed by atoms with Gasteiger partial charge in [-0.1, -0.05) is 6.92 Å². The molecule has 34 valence electrons. The average Bonchev–Trinajstić information content (AvgIpc) is 1.46. The maximum atomic E-state index is 8.93. The summed E-state index contributed by atoms with van der Waals surface area (Å²) in [6.07, 6.45) is 0. The van der Waals surface area contributed by atoms with Gasteiger partial charge in [0.25, 0.3) is 0 Å². The standard InChI is InChI=1S/C2H5O.CH3O.2Mg/c1-2-3;1-2;;/h2H2,1H3;1H3;;/q2*-1;2*+2. The van der Waals surface area contributed by atoms with Crippen LogP contribution < -0.4 is 10.2 Å². The predicted octanol–water partition coefficient (Wildman–Crippen LogP) is -2.42. The summed E-state index contributed by atoms with van der Waals surface area (Å²) in [6.45, 7) is 1.57. The first kappa shape index (κ1) is 23.7. The van der Waals surface area contributed by atoms with Crippen LogP contribution in [0.5, 0.6) is 0 Å². The molecular formula is C3H8Mg2O2+2. The Balaban J connectivity index is -0.0000000105. The van der Waals surface area contributed by atoms with Gasteiger partial charge in [-0.2, -0.15) is 7.11 Å². The van der Waals surface area contributed by atoms with E-state index in [4.69, 9.17) is 10.2 Å². The van der Waals surface area contributed by atoms with E-state index in [0.29, 0.717) is 0 Å². The normalized spacial score (nSPS) is 3.43. The molecule has 0 spiro atoms. The predicted molar refractivity (Wildman–Crippen MR) is 28.0 cm³/mol. The molecule has 0 amide bonds. The van der Waals surface area contributed by atoms with Crippen molar-refractivity contribution < 1.29 is 10.2 Å². The van der Waals surface area contributed by atoms with E-state index in [1.165, 1.54) is 0 Å². The number of hydrogen-bond acceptors (Lipinski definition) is 2. The van der Waals surface area contributed by atoms with Crippen LogP contribution in [0.3, 0.4) is 0 Å². The van der Waals surface area contributed by atoms with Gasteiger partial charge in [0.05, 0.1) is 0 Å². The summed E-state index contributed by atoms with van der Waals surface area (Å²) in [4.78, 5) is 0. The maximum Gasteiger partial charge on any atom is 2.00 e. The largest absolute Gasteiger partial charge is 2.00 e. The molecule has 0 aromatic rings. The molecular weight excluding hydrogens is 117 g/mol. The maximum absolute atomic E-state index is 8.93. The molecule has 0 radical (unpaired) electrons. The molecule has 0 aliphatic rings. The average molecular weight is 125 g/mol. The van der Waals surface area contributed by atoms with Crippen molar-refractivity contribution in [1.82, 2.24) is 0 Å². The zero-order chi connectivity index (χ0) is 4.71. The Bertz CT molecular complexity index is 10.9. The zero-order valence-electron chi connectivity index (χ0n) is 4.94. The van der Waals surface area contributed by atoms with Crippen LogP contribution in [0.4, 0.5) is 0 Å². The van der Waals surface area contributed by atoms with Gasteiger partial charge >= 0.3 is 46.1 Å². The molecule has 0 aromatic heterocycles. The van der Waals surface area contributed by atoms with E-state index in [-0.39, 0.29) is 52.7 Å². The van der Waals surface area contributed by atoms with E-state index >= 15 is 0 Å². The van der Waals surface area contributed by atoms with Crippen LogP contribution in [-0.4, -0.2) is 59.8 Å². The van der Waals surface area contributed by atoms with Crippen LogP contribution in [0.2, 0.25) is 0 Å². The number of rotatable bonds is 0. The van der Waals surface area contributed by atoms with Crippen molar-refractivity contribution in [3.63, 3.8) is 0 Å². The van der Waals surface area contributed by atoms with E-state index in [2.05, 4.69) is 0 Å². The molecule has 0 aromatic carbocycles. The van der Waals surface area contributed by atoms with E-state index in [9.17, 15) is 0 Å². The second-order valence-corrected chi connectivity index (χ2v) is 0.289. The molecule has 2 nitrogen and oxygen atoms in total. The van der Waals surface area contributed by atoms with Gasteiger partial charge in [0.2, 0.25) is 0 Å². The summed E-state index contributed by atoms with van der Waals surface area (Å²) in [6, 6.07) is 0. The van der Waals surface area contributed by atoms with E-state index in [1.807, 2.05) is 0 Å².